The Hall–Kier alpha value is -4.72. The van der Waals surface area contributed by atoms with E-state index in [-0.39, 0.29) is 41.8 Å². The predicted molar refractivity (Wildman–Crippen MR) is 238 cm³/mol. The number of aliphatic hydroxyl groups excluding tert-OH is 2. The number of rotatable bonds is 20. The van der Waals surface area contributed by atoms with Crippen LogP contribution >= 0.6 is 23.5 Å². The van der Waals surface area contributed by atoms with E-state index in [4.69, 9.17) is 16.6 Å². The topological polar surface area (TPSA) is 380 Å². The molecule has 25 heteroatoms. The number of nitrogens with one attached hydrogen (secondary N) is 8. The van der Waals surface area contributed by atoms with Gasteiger partial charge in [0, 0.05) is 36.4 Å². The molecule has 15 N–H and O–H groups in total. The molecule has 1 aliphatic rings. The third kappa shape index (κ3) is 20.4. The summed E-state index contributed by atoms with van der Waals surface area (Å²) in [7, 11) is 0. The Morgan fingerprint density at radius 2 is 1.39 bits per heavy atom. The number of carbonyl (C=O) groups is 10. The van der Waals surface area contributed by atoms with Crippen LogP contribution in [0.25, 0.3) is 0 Å². The normalized spacial score (nSPS) is 23.1. The number of thioether (sulfide) groups is 2. The average molecular weight is 949 g/mol. The van der Waals surface area contributed by atoms with Gasteiger partial charge in [0.15, 0.2) is 0 Å². The number of nitrogens with two attached hydrogens (primary N) is 2. The van der Waals surface area contributed by atoms with Gasteiger partial charge in [0.25, 0.3) is 0 Å². The summed E-state index contributed by atoms with van der Waals surface area (Å²) in [5.74, 6) is -9.54. The van der Waals surface area contributed by atoms with Crippen LogP contribution in [0.4, 0.5) is 0 Å². The van der Waals surface area contributed by atoms with Crippen molar-refractivity contribution in [1.29, 1.82) is 0 Å². The van der Waals surface area contributed by atoms with Gasteiger partial charge in [-0.2, -0.15) is 23.5 Å². The van der Waals surface area contributed by atoms with Crippen molar-refractivity contribution in [3.63, 3.8) is 0 Å². The van der Waals surface area contributed by atoms with Gasteiger partial charge in [-0.3, -0.25) is 47.9 Å². The van der Waals surface area contributed by atoms with Crippen LogP contribution < -0.4 is 54.0 Å². The molecule has 1 fully saturated rings. The molecule has 1 rings (SSSR count). The monoisotopic (exact) mass is 948 g/mol. The minimum absolute atomic E-state index is 0.101. The Morgan fingerprint density at radius 1 is 0.781 bits per heavy atom. The second-order valence-corrected chi connectivity index (χ2v) is 18.1. The molecule has 364 valence electrons. The Kier molecular flexibility index (Phi) is 26.6. The van der Waals surface area contributed by atoms with Crippen LogP contribution in [0.5, 0.6) is 0 Å². The molecule has 64 heavy (non-hydrogen) atoms. The largest absolute Gasteiger partial charge is 0.481 e. The van der Waals surface area contributed by atoms with Crippen LogP contribution in [0.15, 0.2) is 0 Å². The SMILES string of the molecule is CC[C@H](C)[C@@H]1NC(=O)[C@@H](CO)NC(=O)[C@H]([C@@H](C)O)NC(=O)[C@@H](NC(=O)[C@H](CCCCN)NC(=O)[C@@H](NC(C)=O)C(C)C)CSCCSC[C@@H](C(=O)N[C@@H](CCC(=O)O)C(N)=O)NC1=O. The number of primary amides is 1. The second kappa shape index (κ2) is 29.7. The van der Waals surface area contributed by atoms with Crippen LogP contribution in [0.3, 0.4) is 0 Å². The average Bonchev–Trinajstić information content (AvgIpc) is 3.22. The van der Waals surface area contributed by atoms with Gasteiger partial charge in [-0.1, -0.05) is 34.1 Å². The fourth-order valence-corrected chi connectivity index (χ4v) is 8.31. The smallest absolute Gasteiger partial charge is 0.303 e. The summed E-state index contributed by atoms with van der Waals surface area (Å²) in [4.78, 5) is 131. The van der Waals surface area contributed by atoms with Crippen LogP contribution in [-0.2, 0) is 47.9 Å². The Bertz CT molecular complexity index is 1630. The lowest BCUT2D eigenvalue weighted by molar-refractivity contribution is -0.138. The third-order valence-electron chi connectivity index (χ3n) is 10.1. The third-order valence-corrected chi connectivity index (χ3v) is 12.5. The van der Waals surface area contributed by atoms with Gasteiger partial charge in [-0.25, -0.2) is 0 Å². The van der Waals surface area contributed by atoms with Crippen molar-refractivity contribution in [2.24, 2.45) is 23.3 Å². The van der Waals surface area contributed by atoms with Crippen molar-refractivity contribution in [1.82, 2.24) is 42.5 Å². The van der Waals surface area contributed by atoms with E-state index >= 15 is 0 Å². The number of unbranched alkanes of at least 4 members (excludes halogenated alkanes) is 1. The molecule has 0 saturated carbocycles. The highest BCUT2D eigenvalue weighted by atomic mass is 32.2. The molecule has 10 atom stereocenters. The standard InChI is InChI=1S/C39H68N10O13S2/c1-7-20(4)30-38(61)47-26(35(58)43-23(32(41)55)11-12-28(53)54)17-63-14-15-64-18-27(36(59)49-31(21(5)51)39(62)45-25(16-50)34(57)48-30)46-33(56)24(10-8-9-13-40)44-37(60)29(19(2)3)42-22(6)52/h19-21,23-27,29-31,50-51H,7-18,40H2,1-6H3,(H2,41,55)(H,42,52)(H,43,58)(H,44,60)(H,45,62)(H,46,56)(H,47,61)(H,48,57)(H,49,59)(H,53,54)/t20-,21+,23-,24-,25+,26-,27-,29-,30-,31-/m0/s1. The molecule has 0 bridgehead atoms. The van der Waals surface area contributed by atoms with Crippen LogP contribution in [0.1, 0.15) is 80.1 Å². The van der Waals surface area contributed by atoms with E-state index in [9.17, 15) is 58.2 Å². The van der Waals surface area contributed by atoms with Crippen LogP contribution in [0, 0.1) is 11.8 Å². The molecular formula is C39H68N10O13S2. The van der Waals surface area contributed by atoms with Gasteiger partial charge < -0.3 is 69.3 Å². The predicted octanol–water partition coefficient (Wildman–Crippen LogP) is -4.08. The lowest BCUT2D eigenvalue weighted by Gasteiger charge is -2.29. The zero-order valence-corrected chi connectivity index (χ0v) is 38.9. The Morgan fingerprint density at radius 3 is 1.92 bits per heavy atom. The molecule has 23 nitrogen and oxygen atoms in total. The first kappa shape index (κ1) is 57.3. The number of hydrogen-bond donors (Lipinski definition) is 13. The molecule has 0 aromatic heterocycles. The minimum atomic E-state index is -1.73. The quantitative estimate of drug-likeness (QED) is 0.0516. The summed E-state index contributed by atoms with van der Waals surface area (Å²) in [6, 6.07) is -11.1. The highest BCUT2D eigenvalue weighted by Gasteiger charge is 2.37. The van der Waals surface area contributed by atoms with E-state index in [1.165, 1.54) is 37.4 Å². The zero-order valence-electron chi connectivity index (χ0n) is 37.2. The maximum absolute atomic E-state index is 13.9. The van der Waals surface area contributed by atoms with Crippen LogP contribution in [0.2, 0.25) is 0 Å². The lowest BCUT2D eigenvalue weighted by atomic mass is 9.97. The van der Waals surface area contributed by atoms with Crippen molar-refractivity contribution in [2.45, 2.75) is 135 Å². The zero-order chi connectivity index (χ0) is 48.7. The summed E-state index contributed by atoms with van der Waals surface area (Å²) in [6.07, 6.45) is -1.08. The van der Waals surface area contributed by atoms with Gasteiger partial charge in [-0.05, 0) is 51.0 Å². The first-order valence-corrected chi connectivity index (χ1v) is 23.4. The summed E-state index contributed by atoms with van der Waals surface area (Å²) >= 11 is 2.34. The highest BCUT2D eigenvalue weighted by molar-refractivity contribution is 8.03. The summed E-state index contributed by atoms with van der Waals surface area (Å²) in [5, 5.41) is 50.0. The number of carboxylic acids is 1. The van der Waals surface area contributed by atoms with Crippen molar-refractivity contribution in [3.8, 4) is 0 Å². The van der Waals surface area contributed by atoms with Gasteiger partial charge in [0.05, 0.1) is 12.7 Å². The number of aliphatic hydroxyl groups is 2. The molecule has 0 aromatic rings. The van der Waals surface area contributed by atoms with Gasteiger partial charge in [0.2, 0.25) is 53.2 Å². The molecule has 0 radical (unpaired) electrons. The van der Waals surface area contributed by atoms with Gasteiger partial charge >= 0.3 is 5.97 Å². The molecule has 1 saturated heterocycles. The summed E-state index contributed by atoms with van der Waals surface area (Å²) < 4.78 is 0. The van der Waals surface area contributed by atoms with E-state index in [2.05, 4.69) is 42.5 Å². The van der Waals surface area contributed by atoms with Crippen molar-refractivity contribution in [2.75, 3.05) is 36.2 Å². The van der Waals surface area contributed by atoms with E-state index in [1.54, 1.807) is 27.7 Å². The highest BCUT2D eigenvalue weighted by Crippen LogP contribution is 2.15. The molecular weight excluding hydrogens is 881 g/mol. The summed E-state index contributed by atoms with van der Waals surface area (Å²) in [6.45, 7) is 8.49. The lowest BCUT2D eigenvalue weighted by Crippen LogP contribution is -2.63. The number of carbonyl (C=O) groups excluding carboxylic acids is 9. The first-order valence-electron chi connectivity index (χ1n) is 21.1. The molecule has 0 spiro atoms. The van der Waals surface area contributed by atoms with Crippen LogP contribution in [-0.4, -0.2) is 165 Å². The minimum Gasteiger partial charge on any atom is -0.481 e. The molecule has 1 heterocycles. The van der Waals surface area contributed by atoms with E-state index in [1.807, 2.05) is 0 Å². The summed E-state index contributed by atoms with van der Waals surface area (Å²) in [5.41, 5.74) is 11.1. The molecule has 9 amide bonds. The van der Waals surface area contributed by atoms with E-state index in [0.717, 1.165) is 0 Å². The molecule has 0 aromatic carbocycles. The maximum Gasteiger partial charge on any atom is 0.303 e. The van der Waals surface area contributed by atoms with Gasteiger partial charge in [-0.15, -0.1) is 0 Å². The number of hydrogen-bond acceptors (Lipinski definition) is 15. The van der Waals surface area contributed by atoms with E-state index < -0.39 is 133 Å². The molecule has 0 aliphatic carbocycles. The number of aliphatic carboxylic acids is 1. The van der Waals surface area contributed by atoms with E-state index in [0.29, 0.717) is 25.8 Å². The molecule has 0 unspecified atom stereocenters. The fraction of sp³-hybridized carbons (Fsp3) is 0.744. The van der Waals surface area contributed by atoms with Crippen molar-refractivity contribution >= 4 is 82.7 Å². The number of amides is 9. The van der Waals surface area contributed by atoms with Crippen molar-refractivity contribution < 1.29 is 63.3 Å². The van der Waals surface area contributed by atoms with Crippen molar-refractivity contribution in [3.05, 3.63) is 0 Å². The Balaban J connectivity index is 3.64. The number of carboxylic acid groups (broad SMARTS) is 1. The fourth-order valence-electron chi connectivity index (χ4n) is 6.09. The maximum atomic E-state index is 13.9. The Labute approximate surface area is 381 Å². The first-order chi connectivity index (χ1) is 30.1. The van der Waals surface area contributed by atoms with Gasteiger partial charge in [0.1, 0.15) is 48.3 Å². The second-order valence-electron chi connectivity index (χ2n) is 15.8. The molecule has 1 aliphatic heterocycles.